The molecule has 0 aromatic heterocycles. The number of esters is 1. The Labute approximate surface area is 168 Å². The molecular formula is C19H28BrN3O4. The Kier molecular flexibility index (Phi) is 8.43. The number of ether oxygens (including phenoxy) is 1. The average molecular weight is 442 g/mol. The van der Waals surface area contributed by atoms with Gasteiger partial charge < -0.3 is 21.1 Å². The van der Waals surface area contributed by atoms with Crippen molar-refractivity contribution in [3.05, 3.63) is 28.7 Å². The van der Waals surface area contributed by atoms with Gasteiger partial charge in [0, 0.05) is 17.1 Å². The summed E-state index contributed by atoms with van der Waals surface area (Å²) in [5, 5.41) is 5.37. The van der Waals surface area contributed by atoms with E-state index in [-0.39, 0.29) is 11.7 Å². The Hall–Kier alpha value is -1.93. The van der Waals surface area contributed by atoms with Crippen LogP contribution in [-0.2, 0) is 14.3 Å². The van der Waals surface area contributed by atoms with Crippen LogP contribution in [0.25, 0.3) is 0 Å². The van der Waals surface area contributed by atoms with Gasteiger partial charge in [0.2, 0.25) is 0 Å². The molecule has 0 heterocycles. The predicted molar refractivity (Wildman–Crippen MR) is 108 cm³/mol. The SMILES string of the molecule is CC(=O)OC(C)(C)C(N)C(=O)[C@@H](CC(C)C)NC(=O)Nc1ccc(Br)cc1. The van der Waals surface area contributed by atoms with Crippen molar-refractivity contribution in [1.82, 2.24) is 5.32 Å². The van der Waals surface area contributed by atoms with Crippen LogP contribution in [0.15, 0.2) is 28.7 Å². The second-order valence-electron chi connectivity index (χ2n) is 7.36. The number of ketones is 1. The van der Waals surface area contributed by atoms with Crippen molar-refractivity contribution in [2.45, 2.75) is 58.7 Å². The molecule has 0 spiro atoms. The van der Waals surface area contributed by atoms with Gasteiger partial charge in [-0.15, -0.1) is 0 Å². The van der Waals surface area contributed by atoms with Gasteiger partial charge >= 0.3 is 12.0 Å². The first-order valence-corrected chi connectivity index (χ1v) is 9.53. The molecule has 1 rings (SSSR count). The molecule has 0 aliphatic rings. The number of nitrogens with two attached hydrogens (primary N) is 1. The molecule has 0 aliphatic carbocycles. The van der Waals surface area contributed by atoms with Crippen LogP contribution in [0.4, 0.5) is 10.5 Å². The quantitative estimate of drug-likeness (QED) is 0.536. The fourth-order valence-corrected chi connectivity index (χ4v) is 2.83. The number of amides is 2. The summed E-state index contributed by atoms with van der Waals surface area (Å²) in [5.41, 5.74) is 5.48. The number of benzene rings is 1. The van der Waals surface area contributed by atoms with Crippen LogP contribution in [0.1, 0.15) is 41.0 Å². The largest absolute Gasteiger partial charge is 0.458 e. The molecule has 1 aromatic rings. The summed E-state index contributed by atoms with van der Waals surface area (Å²) in [4.78, 5) is 36.5. The summed E-state index contributed by atoms with van der Waals surface area (Å²) in [6, 6.07) is 4.68. The lowest BCUT2D eigenvalue weighted by Gasteiger charge is -2.32. The van der Waals surface area contributed by atoms with Crippen molar-refractivity contribution in [2.24, 2.45) is 11.7 Å². The van der Waals surface area contributed by atoms with Gasteiger partial charge in [-0.25, -0.2) is 4.79 Å². The Bertz CT molecular complexity index is 674. The lowest BCUT2D eigenvalue weighted by atomic mass is 9.88. The van der Waals surface area contributed by atoms with E-state index in [2.05, 4.69) is 26.6 Å². The molecule has 0 saturated heterocycles. The summed E-state index contributed by atoms with van der Waals surface area (Å²) in [6.07, 6.45) is 0.413. The Morgan fingerprint density at radius 2 is 1.74 bits per heavy atom. The van der Waals surface area contributed by atoms with E-state index in [4.69, 9.17) is 10.5 Å². The maximum absolute atomic E-state index is 12.9. The number of carbonyl (C=O) groups excluding carboxylic acids is 3. The number of nitrogens with one attached hydrogen (secondary N) is 2. The minimum atomic E-state index is -1.18. The van der Waals surface area contributed by atoms with E-state index in [9.17, 15) is 14.4 Å². The standard InChI is InChI=1S/C19H28BrN3O4/c1-11(2)10-15(16(25)17(21)19(4,5)27-12(3)24)23-18(26)22-14-8-6-13(20)7-9-14/h6-9,11,15,17H,10,21H2,1-5H3,(H2,22,23,26)/t15-,17?/m1/s1. The number of rotatable bonds is 8. The molecule has 1 unspecified atom stereocenters. The van der Waals surface area contributed by atoms with Gasteiger partial charge in [-0.1, -0.05) is 29.8 Å². The molecule has 7 nitrogen and oxygen atoms in total. The summed E-state index contributed by atoms with van der Waals surface area (Å²) in [6.45, 7) is 8.29. The molecule has 0 fully saturated rings. The molecule has 4 N–H and O–H groups in total. The van der Waals surface area contributed by atoms with E-state index in [1.165, 1.54) is 6.92 Å². The van der Waals surface area contributed by atoms with Crippen LogP contribution in [-0.4, -0.2) is 35.5 Å². The molecular weight excluding hydrogens is 414 g/mol. The summed E-state index contributed by atoms with van der Waals surface area (Å²) < 4.78 is 6.06. The van der Waals surface area contributed by atoms with E-state index in [1.807, 2.05) is 13.8 Å². The summed E-state index contributed by atoms with van der Waals surface area (Å²) >= 11 is 3.33. The zero-order valence-electron chi connectivity index (χ0n) is 16.3. The zero-order valence-corrected chi connectivity index (χ0v) is 17.9. The van der Waals surface area contributed by atoms with Gasteiger partial charge in [0.05, 0.1) is 6.04 Å². The third kappa shape index (κ3) is 7.68. The molecule has 150 valence electrons. The Balaban J connectivity index is 2.87. The summed E-state index contributed by atoms with van der Waals surface area (Å²) in [7, 11) is 0. The van der Waals surface area contributed by atoms with Crippen LogP contribution < -0.4 is 16.4 Å². The van der Waals surface area contributed by atoms with Crippen molar-refractivity contribution < 1.29 is 19.1 Å². The van der Waals surface area contributed by atoms with Crippen LogP contribution in [0.2, 0.25) is 0 Å². The average Bonchev–Trinajstić information content (AvgIpc) is 2.53. The molecule has 0 bridgehead atoms. The molecule has 2 amide bonds. The van der Waals surface area contributed by atoms with Crippen molar-refractivity contribution in [2.75, 3.05) is 5.32 Å². The number of urea groups is 1. The fraction of sp³-hybridized carbons (Fsp3) is 0.526. The Morgan fingerprint density at radius 1 is 1.19 bits per heavy atom. The van der Waals surface area contributed by atoms with Gasteiger partial charge in [0.1, 0.15) is 11.6 Å². The minimum absolute atomic E-state index is 0.149. The summed E-state index contributed by atoms with van der Waals surface area (Å²) in [5.74, 6) is -0.763. The zero-order chi connectivity index (χ0) is 20.8. The molecule has 0 aliphatic heterocycles. The fourth-order valence-electron chi connectivity index (χ4n) is 2.57. The molecule has 27 heavy (non-hydrogen) atoms. The lowest BCUT2D eigenvalue weighted by Crippen LogP contribution is -2.58. The van der Waals surface area contributed by atoms with Gasteiger partial charge in [-0.3, -0.25) is 9.59 Å². The highest BCUT2D eigenvalue weighted by Crippen LogP contribution is 2.18. The number of halogens is 1. The number of hydrogen-bond acceptors (Lipinski definition) is 5. The monoisotopic (exact) mass is 441 g/mol. The van der Waals surface area contributed by atoms with Crippen LogP contribution in [0.5, 0.6) is 0 Å². The molecule has 8 heteroatoms. The highest BCUT2D eigenvalue weighted by atomic mass is 79.9. The van der Waals surface area contributed by atoms with Crippen molar-refractivity contribution in [3.8, 4) is 0 Å². The van der Waals surface area contributed by atoms with Gasteiger partial charge in [0.25, 0.3) is 0 Å². The van der Waals surface area contributed by atoms with E-state index < -0.39 is 29.7 Å². The normalized spacial score (nSPS) is 13.6. The second kappa shape index (κ2) is 9.85. The first-order chi connectivity index (χ1) is 12.4. The third-order valence-electron chi connectivity index (χ3n) is 3.92. The number of hydrogen-bond donors (Lipinski definition) is 3. The number of anilines is 1. The molecule has 0 saturated carbocycles. The smallest absolute Gasteiger partial charge is 0.319 e. The van der Waals surface area contributed by atoms with Crippen LogP contribution in [0.3, 0.4) is 0 Å². The van der Waals surface area contributed by atoms with E-state index in [0.717, 1.165) is 4.47 Å². The van der Waals surface area contributed by atoms with Crippen LogP contribution >= 0.6 is 15.9 Å². The van der Waals surface area contributed by atoms with Crippen molar-refractivity contribution in [3.63, 3.8) is 0 Å². The predicted octanol–water partition coefficient (Wildman–Crippen LogP) is 3.22. The highest BCUT2D eigenvalue weighted by Gasteiger charge is 2.39. The molecule has 0 radical (unpaired) electrons. The second-order valence-corrected chi connectivity index (χ2v) is 8.28. The van der Waals surface area contributed by atoms with E-state index >= 15 is 0 Å². The van der Waals surface area contributed by atoms with Crippen LogP contribution in [0, 0.1) is 5.92 Å². The third-order valence-corrected chi connectivity index (χ3v) is 4.45. The first kappa shape index (κ1) is 23.1. The highest BCUT2D eigenvalue weighted by molar-refractivity contribution is 9.10. The maximum atomic E-state index is 12.9. The van der Waals surface area contributed by atoms with Gasteiger partial charge in [0.15, 0.2) is 5.78 Å². The molecule has 2 atom stereocenters. The minimum Gasteiger partial charge on any atom is -0.458 e. The number of Topliss-reactive ketones (excluding diaryl/α,β-unsaturated/α-hetero) is 1. The molecule has 1 aromatic carbocycles. The Morgan fingerprint density at radius 3 is 2.22 bits per heavy atom. The van der Waals surface area contributed by atoms with Crippen molar-refractivity contribution in [1.29, 1.82) is 0 Å². The first-order valence-electron chi connectivity index (χ1n) is 8.74. The van der Waals surface area contributed by atoms with E-state index in [0.29, 0.717) is 12.1 Å². The lowest BCUT2D eigenvalue weighted by molar-refractivity contribution is -0.157. The van der Waals surface area contributed by atoms with Gasteiger partial charge in [-0.2, -0.15) is 0 Å². The topological polar surface area (TPSA) is 111 Å². The number of carbonyl (C=O) groups is 3. The van der Waals surface area contributed by atoms with E-state index in [1.54, 1.807) is 38.1 Å². The van der Waals surface area contributed by atoms with Gasteiger partial charge in [-0.05, 0) is 50.5 Å². The van der Waals surface area contributed by atoms with Crippen molar-refractivity contribution >= 4 is 39.4 Å². The maximum Gasteiger partial charge on any atom is 0.319 e.